The van der Waals surface area contributed by atoms with Crippen molar-refractivity contribution in [1.82, 2.24) is 9.80 Å². The molecule has 0 saturated carbocycles. The summed E-state index contributed by atoms with van der Waals surface area (Å²) in [6.07, 6.45) is 3.14. The summed E-state index contributed by atoms with van der Waals surface area (Å²) in [6, 6.07) is 18.7. The molecular weight excluding hydrogens is 500 g/mol. The average Bonchev–Trinajstić information content (AvgIpc) is 3.65. The number of fused-ring (bicyclic) bond motifs is 1. The van der Waals surface area contributed by atoms with Gasteiger partial charge in [-0.1, -0.05) is 48.0 Å². The molecule has 38 heavy (non-hydrogen) atoms. The predicted molar refractivity (Wildman–Crippen MR) is 147 cm³/mol. The topological polar surface area (TPSA) is 80.1 Å². The van der Waals surface area contributed by atoms with E-state index in [0.717, 1.165) is 24.0 Å². The molecule has 0 radical (unpaired) electrons. The van der Waals surface area contributed by atoms with Crippen molar-refractivity contribution < 1.29 is 18.7 Å². The van der Waals surface area contributed by atoms with Crippen LogP contribution in [0.3, 0.4) is 0 Å². The van der Waals surface area contributed by atoms with Crippen LogP contribution in [-0.2, 0) is 22.6 Å². The third-order valence-corrected chi connectivity index (χ3v) is 7.58. The Morgan fingerprint density at radius 1 is 1.03 bits per heavy atom. The Balaban J connectivity index is 1.43. The summed E-state index contributed by atoms with van der Waals surface area (Å²) in [5.74, 6) is -0.440. The highest BCUT2D eigenvalue weighted by atomic mass is 32.1. The van der Waals surface area contributed by atoms with Gasteiger partial charge in [0, 0.05) is 19.7 Å². The molecule has 3 heterocycles. The Bertz CT molecular complexity index is 1460. The van der Waals surface area contributed by atoms with Crippen LogP contribution >= 0.6 is 11.3 Å². The number of ether oxygens (including phenoxy) is 1. The number of rotatable bonds is 9. The van der Waals surface area contributed by atoms with E-state index in [9.17, 15) is 14.4 Å². The number of nitrogens with zero attached hydrogens (tertiary/aromatic N) is 2. The van der Waals surface area contributed by atoms with Crippen molar-refractivity contribution in [2.45, 2.75) is 39.0 Å². The molecule has 0 unspecified atom stereocenters. The molecule has 7 nitrogen and oxygen atoms in total. The summed E-state index contributed by atoms with van der Waals surface area (Å²) in [5.41, 5.74) is 2.62. The fourth-order valence-corrected chi connectivity index (χ4v) is 5.40. The van der Waals surface area contributed by atoms with Gasteiger partial charge in [0.2, 0.25) is 5.91 Å². The van der Waals surface area contributed by atoms with Crippen molar-refractivity contribution in [2.75, 3.05) is 19.7 Å². The first-order chi connectivity index (χ1) is 18.5. The molecule has 8 heteroatoms. The highest BCUT2D eigenvalue weighted by molar-refractivity contribution is 7.12. The van der Waals surface area contributed by atoms with Crippen molar-refractivity contribution in [3.8, 4) is 0 Å². The maximum absolute atomic E-state index is 13.8. The molecule has 0 aliphatic carbocycles. The summed E-state index contributed by atoms with van der Waals surface area (Å²) in [5, 5.41) is 2.34. The minimum atomic E-state index is -0.250. The number of carbonyl (C=O) groups is 2. The van der Waals surface area contributed by atoms with Crippen molar-refractivity contribution in [3.05, 3.63) is 104 Å². The minimum absolute atomic E-state index is 0.0703. The van der Waals surface area contributed by atoms with Gasteiger partial charge in [-0.3, -0.25) is 14.4 Å². The smallest absolute Gasteiger partial charge is 0.264 e. The molecule has 1 atom stereocenters. The zero-order valence-electron chi connectivity index (χ0n) is 21.3. The molecule has 2 aromatic carbocycles. The quantitative estimate of drug-likeness (QED) is 0.304. The summed E-state index contributed by atoms with van der Waals surface area (Å²) >= 11 is 1.35. The first-order valence-electron chi connectivity index (χ1n) is 12.7. The van der Waals surface area contributed by atoms with Gasteiger partial charge in [-0.25, -0.2) is 0 Å². The van der Waals surface area contributed by atoms with Gasteiger partial charge in [-0.05, 0) is 48.9 Å². The second kappa shape index (κ2) is 11.8. The molecule has 1 fully saturated rings. The minimum Gasteiger partial charge on any atom is -0.464 e. The van der Waals surface area contributed by atoms with Crippen molar-refractivity contribution in [1.29, 1.82) is 0 Å². The molecule has 1 saturated heterocycles. The maximum atomic E-state index is 13.8. The normalized spacial score (nSPS) is 15.0. The Kier molecular flexibility index (Phi) is 8.00. The molecule has 0 bridgehead atoms. The maximum Gasteiger partial charge on any atom is 0.264 e. The Labute approximate surface area is 225 Å². The van der Waals surface area contributed by atoms with Crippen molar-refractivity contribution in [3.63, 3.8) is 0 Å². The fourth-order valence-electron chi connectivity index (χ4n) is 4.71. The molecule has 4 aromatic rings. The van der Waals surface area contributed by atoms with Gasteiger partial charge in [-0.2, -0.15) is 0 Å². The van der Waals surface area contributed by atoms with E-state index < -0.39 is 0 Å². The number of hydrogen-bond acceptors (Lipinski definition) is 6. The zero-order chi connectivity index (χ0) is 26.5. The average molecular weight is 531 g/mol. The van der Waals surface area contributed by atoms with Crippen molar-refractivity contribution >= 4 is 34.1 Å². The van der Waals surface area contributed by atoms with E-state index in [0.29, 0.717) is 41.1 Å². The van der Waals surface area contributed by atoms with Crippen molar-refractivity contribution in [2.24, 2.45) is 0 Å². The standard InChI is InChI=1S/C30H30N2O5S/c1-21-11-12-26-25(15-21)29(34)23(20-37-26)17-31(16-22-7-3-2-4-8-22)28(33)19-32(18-24-9-5-13-36-24)30(35)27-10-6-14-38-27/h2-4,6-8,10-12,14-15,20,24H,5,9,13,16-19H2,1H3/t24-/m1/s1. The number of hydrogen-bond donors (Lipinski definition) is 0. The van der Waals surface area contributed by atoms with E-state index in [1.807, 2.05) is 54.8 Å². The largest absolute Gasteiger partial charge is 0.464 e. The van der Waals surface area contributed by atoms with E-state index in [4.69, 9.17) is 9.15 Å². The lowest BCUT2D eigenvalue weighted by atomic mass is 10.1. The first kappa shape index (κ1) is 25.9. The van der Waals surface area contributed by atoms with Crippen LogP contribution in [0.5, 0.6) is 0 Å². The Hall–Kier alpha value is -3.75. The van der Waals surface area contributed by atoms with E-state index >= 15 is 0 Å². The second-order valence-corrected chi connectivity index (χ2v) is 10.6. The molecule has 1 aliphatic rings. The number of thiophene rings is 1. The van der Waals surface area contributed by atoms with E-state index in [1.54, 1.807) is 28.0 Å². The fraction of sp³-hybridized carbons (Fsp3) is 0.300. The van der Waals surface area contributed by atoms with Gasteiger partial charge < -0.3 is 19.0 Å². The SMILES string of the molecule is Cc1ccc2occ(CN(Cc3ccccc3)C(=O)CN(C[C@H]3CCCO3)C(=O)c3cccs3)c(=O)c2c1. The highest BCUT2D eigenvalue weighted by Gasteiger charge is 2.28. The van der Waals surface area contributed by atoms with Crippen LogP contribution in [0, 0.1) is 6.92 Å². The molecule has 2 amide bonds. The lowest BCUT2D eigenvalue weighted by Gasteiger charge is -2.29. The second-order valence-electron chi connectivity index (χ2n) is 9.62. The lowest BCUT2D eigenvalue weighted by Crippen LogP contribution is -2.45. The van der Waals surface area contributed by atoms with Crippen LogP contribution in [-0.4, -0.2) is 47.4 Å². The third-order valence-electron chi connectivity index (χ3n) is 6.72. The van der Waals surface area contributed by atoms with Gasteiger partial charge in [0.25, 0.3) is 5.91 Å². The van der Waals surface area contributed by atoms with E-state index in [1.165, 1.54) is 17.6 Å². The van der Waals surface area contributed by atoms with Crippen LogP contribution in [0.15, 0.2) is 81.5 Å². The van der Waals surface area contributed by atoms with Gasteiger partial charge >= 0.3 is 0 Å². The number of amides is 2. The Morgan fingerprint density at radius 2 is 1.87 bits per heavy atom. The van der Waals surface area contributed by atoms with E-state index in [-0.39, 0.29) is 36.4 Å². The van der Waals surface area contributed by atoms with Gasteiger partial charge in [0.05, 0.1) is 34.7 Å². The molecular formula is C30H30N2O5S. The number of aryl methyl sites for hydroxylation is 1. The molecule has 196 valence electrons. The first-order valence-corrected chi connectivity index (χ1v) is 13.6. The molecule has 2 aromatic heterocycles. The van der Waals surface area contributed by atoms with Gasteiger partial charge in [0.1, 0.15) is 12.1 Å². The highest BCUT2D eigenvalue weighted by Crippen LogP contribution is 2.19. The molecule has 1 aliphatic heterocycles. The zero-order valence-corrected chi connectivity index (χ0v) is 22.1. The van der Waals surface area contributed by atoms with E-state index in [2.05, 4.69) is 0 Å². The molecule has 0 spiro atoms. The molecule has 5 rings (SSSR count). The summed E-state index contributed by atoms with van der Waals surface area (Å²) in [6.45, 7) is 3.19. The summed E-state index contributed by atoms with van der Waals surface area (Å²) in [4.78, 5) is 44.3. The number of benzene rings is 2. The molecule has 0 N–H and O–H groups in total. The summed E-state index contributed by atoms with van der Waals surface area (Å²) in [7, 11) is 0. The van der Waals surface area contributed by atoms with Crippen LogP contribution < -0.4 is 5.43 Å². The van der Waals surface area contributed by atoms with Crippen LogP contribution in [0.1, 0.15) is 39.2 Å². The monoisotopic (exact) mass is 530 g/mol. The van der Waals surface area contributed by atoms with Crippen LogP contribution in [0.2, 0.25) is 0 Å². The van der Waals surface area contributed by atoms with Gasteiger partial charge in [0.15, 0.2) is 5.43 Å². The van der Waals surface area contributed by atoms with Gasteiger partial charge in [-0.15, -0.1) is 11.3 Å². The third kappa shape index (κ3) is 6.03. The Morgan fingerprint density at radius 3 is 2.61 bits per heavy atom. The summed E-state index contributed by atoms with van der Waals surface area (Å²) < 4.78 is 11.5. The van der Waals surface area contributed by atoms with Crippen LogP contribution in [0.25, 0.3) is 11.0 Å². The number of carbonyl (C=O) groups excluding carboxylic acids is 2. The predicted octanol–water partition coefficient (Wildman–Crippen LogP) is 5.01. The lowest BCUT2D eigenvalue weighted by molar-refractivity contribution is -0.133. The van der Waals surface area contributed by atoms with Crippen LogP contribution in [0.4, 0.5) is 0 Å².